The van der Waals surface area contributed by atoms with Crippen LogP contribution in [-0.2, 0) is 21.7 Å². The maximum atomic E-state index is 10.9. The summed E-state index contributed by atoms with van der Waals surface area (Å²) in [7, 11) is -1.65. The lowest BCUT2D eigenvalue weighted by atomic mass is 9.78. The minimum Gasteiger partial charge on any atom is -0.423 e. The molecule has 262 valence electrons. The number of hydrogen-bond donors (Lipinski definition) is 2. The summed E-state index contributed by atoms with van der Waals surface area (Å²) >= 11 is 0. The van der Waals surface area contributed by atoms with E-state index in [1.165, 1.54) is 33.0 Å². The van der Waals surface area contributed by atoms with Crippen LogP contribution in [0.5, 0.6) is 0 Å². The molecular weight excluding hydrogens is 623 g/mol. The Hall–Kier alpha value is -4.32. The van der Waals surface area contributed by atoms with Gasteiger partial charge in [0.2, 0.25) is 0 Å². The second kappa shape index (κ2) is 11.6. The van der Waals surface area contributed by atoms with Crippen LogP contribution >= 0.6 is 0 Å². The topological polar surface area (TPSA) is 50.3 Å². The first-order chi connectivity index (χ1) is 23.6. The van der Waals surface area contributed by atoms with Gasteiger partial charge in [0, 0.05) is 38.4 Å². The Labute approximate surface area is 303 Å². The third-order valence-electron chi connectivity index (χ3n) is 10.8. The first-order valence-electron chi connectivity index (χ1n) is 18.3. The van der Waals surface area contributed by atoms with Crippen molar-refractivity contribution in [2.24, 2.45) is 0 Å². The van der Waals surface area contributed by atoms with E-state index in [1.54, 1.807) is 0 Å². The summed E-state index contributed by atoms with van der Waals surface area (Å²) in [5.74, 6) is 0. The maximum Gasteiger partial charge on any atom is 0.490 e. The molecule has 0 atom stereocenters. The monoisotopic (exact) mass is 676 g/mol. The summed E-state index contributed by atoms with van der Waals surface area (Å²) in [5.41, 5.74) is 11.6. The first kappa shape index (κ1) is 35.1. The van der Waals surface area contributed by atoms with Crippen LogP contribution in [0.1, 0.15) is 105 Å². The molecule has 0 fully saturated rings. The van der Waals surface area contributed by atoms with Gasteiger partial charge in [-0.25, -0.2) is 0 Å². The molecule has 7 rings (SSSR count). The smallest absolute Gasteiger partial charge is 0.423 e. The first-order valence-corrected chi connectivity index (χ1v) is 18.3. The quantitative estimate of drug-likeness (QED) is 0.183. The Kier molecular flexibility index (Phi) is 7.98. The predicted octanol–water partition coefficient (Wildman–Crippen LogP) is 10.8. The highest BCUT2D eigenvalue weighted by molar-refractivity contribution is 6.60. The molecule has 0 saturated carbocycles. The molecule has 2 N–H and O–H groups in total. The molecular formula is C46H53BN2O2. The van der Waals surface area contributed by atoms with Crippen molar-refractivity contribution in [3.8, 4) is 11.4 Å². The standard InChI is InChI=1S/C46H53BN2O2/c1-43(2,3)28-13-19-38-33(23-28)34-24-29(44(4,5)6)14-20-39(34)48(38)32-17-18-37(47(50)51)42(27-32)49-40-21-15-30(45(7,8)9)25-35(40)36-26-31(46(10,11)12)16-22-41(36)49/h13-27,50-51H,1-12H3. The van der Waals surface area contributed by atoms with E-state index in [2.05, 4.69) is 171 Å². The minimum atomic E-state index is -1.65. The SMILES string of the molecule is CC(C)(C)c1ccc2c(c1)c1cc(C(C)(C)C)ccc1n2-c1ccc(B(O)O)c(-n2c3ccc(C(C)(C)C)cc3c3cc(C(C)(C)C)ccc32)c1. The maximum absolute atomic E-state index is 10.9. The van der Waals surface area contributed by atoms with Crippen LogP contribution in [-0.4, -0.2) is 26.3 Å². The fraction of sp³-hybridized carbons (Fsp3) is 0.348. The van der Waals surface area contributed by atoms with Crippen LogP contribution in [0.4, 0.5) is 0 Å². The van der Waals surface area contributed by atoms with Crippen LogP contribution in [0.2, 0.25) is 0 Å². The van der Waals surface area contributed by atoms with E-state index in [0.717, 1.165) is 44.2 Å². The minimum absolute atomic E-state index is 0.00653. The fourth-order valence-electron chi connectivity index (χ4n) is 7.53. The molecule has 0 amide bonds. The highest BCUT2D eigenvalue weighted by Crippen LogP contribution is 2.40. The van der Waals surface area contributed by atoms with Gasteiger partial charge >= 0.3 is 7.12 Å². The van der Waals surface area contributed by atoms with Gasteiger partial charge < -0.3 is 19.2 Å². The summed E-state index contributed by atoms with van der Waals surface area (Å²) in [6.45, 7) is 27.1. The number of rotatable bonds is 3. The van der Waals surface area contributed by atoms with E-state index < -0.39 is 7.12 Å². The zero-order chi connectivity index (χ0) is 37.0. The third kappa shape index (κ3) is 5.99. The van der Waals surface area contributed by atoms with Crippen LogP contribution in [0.15, 0.2) is 91.0 Å². The molecule has 0 aliphatic heterocycles. The number of hydrogen-bond acceptors (Lipinski definition) is 2. The highest BCUT2D eigenvalue weighted by atomic mass is 16.4. The van der Waals surface area contributed by atoms with Gasteiger partial charge in [0.05, 0.1) is 22.1 Å². The fourth-order valence-corrected chi connectivity index (χ4v) is 7.53. The van der Waals surface area contributed by atoms with Crippen molar-refractivity contribution in [2.45, 2.75) is 105 Å². The second-order valence-corrected chi connectivity index (χ2v) is 18.7. The zero-order valence-electron chi connectivity index (χ0n) is 32.5. The van der Waals surface area contributed by atoms with Crippen LogP contribution in [0.25, 0.3) is 55.0 Å². The Bertz CT molecular complexity index is 2340. The van der Waals surface area contributed by atoms with Gasteiger partial charge in [-0.05, 0) is 105 Å². The summed E-state index contributed by atoms with van der Waals surface area (Å²) in [5, 5.41) is 26.5. The number of benzene rings is 5. The molecule has 4 nitrogen and oxygen atoms in total. The second-order valence-electron chi connectivity index (χ2n) is 18.7. The molecule has 0 radical (unpaired) electrons. The summed E-state index contributed by atoms with van der Waals surface area (Å²) in [6, 6.07) is 33.3. The molecule has 0 aliphatic rings. The van der Waals surface area contributed by atoms with E-state index in [9.17, 15) is 10.0 Å². The van der Waals surface area contributed by atoms with Crippen molar-refractivity contribution in [3.05, 3.63) is 113 Å². The van der Waals surface area contributed by atoms with Crippen molar-refractivity contribution in [1.82, 2.24) is 9.13 Å². The number of aromatic nitrogens is 2. The van der Waals surface area contributed by atoms with Gasteiger partial charge in [-0.2, -0.15) is 0 Å². The lowest BCUT2D eigenvalue weighted by Gasteiger charge is -2.20. The molecule has 0 unspecified atom stereocenters. The van der Waals surface area contributed by atoms with Gasteiger partial charge in [0.1, 0.15) is 0 Å². The van der Waals surface area contributed by atoms with Crippen molar-refractivity contribution < 1.29 is 10.0 Å². The van der Waals surface area contributed by atoms with Gasteiger partial charge in [0.25, 0.3) is 0 Å². The highest BCUT2D eigenvalue weighted by Gasteiger charge is 2.26. The molecule has 2 aromatic heterocycles. The molecule has 5 aromatic carbocycles. The molecule has 0 aliphatic carbocycles. The summed E-state index contributed by atoms with van der Waals surface area (Å²) < 4.78 is 4.56. The molecule has 51 heavy (non-hydrogen) atoms. The van der Waals surface area contributed by atoms with Crippen molar-refractivity contribution >= 4 is 56.2 Å². The van der Waals surface area contributed by atoms with Crippen LogP contribution < -0.4 is 5.46 Å². The van der Waals surface area contributed by atoms with Gasteiger partial charge in [-0.3, -0.25) is 0 Å². The lowest BCUT2D eigenvalue weighted by Crippen LogP contribution is -2.33. The third-order valence-corrected chi connectivity index (χ3v) is 10.8. The summed E-state index contributed by atoms with van der Waals surface area (Å²) in [4.78, 5) is 0. The number of fused-ring (bicyclic) bond motifs is 6. The Balaban J connectivity index is 1.57. The molecule has 2 heterocycles. The van der Waals surface area contributed by atoms with E-state index in [1.807, 2.05) is 12.1 Å². The molecule has 7 aromatic rings. The average molecular weight is 677 g/mol. The van der Waals surface area contributed by atoms with Gasteiger partial charge in [0.15, 0.2) is 0 Å². The molecule has 0 spiro atoms. The van der Waals surface area contributed by atoms with Crippen LogP contribution in [0.3, 0.4) is 0 Å². The molecule has 0 saturated heterocycles. The van der Waals surface area contributed by atoms with Gasteiger partial charge in [-0.1, -0.05) is 113 Å². The Morgan fingerprint density at radius 2 is 0.706 bits per heavy atom. The predicted molar refractivity (Wildman–Crippen MR) is 220 cm³/mol. The van der Waals surface area contributed by atoms with Gasteiger partial charge in [-0.15, -0.1) is 0 Å². The molecule has 5 heteroatoms. The Morgan fingerprint density at radius 3 is 1.00 bits per heavy atom. The number of nitrogens with zero attached hydrogens (tertiary/aromatic N) is 2. The van der Waals surface area contributed by atoms with E-state index >= 15 is 0 Å². The van der Waals surface area contributed by atoms with E-state index in [0.29, 0.717) is 5.46 Å². The van der Waals surface area contributed by atoms with Crippen molar-refractivity contribution in [1.29, 1.82) is 0 Å². The lowest BCUT2D eigenvalue weighted by molar-refractivity contribution is 0.425. The van der Waals surface area contributed by atoms with Crippen LogP contribution in [0, 0.1) is 0 Å². The zero-order valence-corrected chi connectivity index (χ0v) is 32.5. The van der Waals surface area contributed by atoms with Crippen molar-refractivity contribution in [3.63, 3.8) is 0 Å². The van der Waals surface area contributed by atoms with Crippen molar-refractivity contribution in [2.75, 3.05) is 0 Å². The summed E-state index contributed by atoms with van der Waals surface area (Å²) in [6.07, 6.45) is 0. The van der Waals surface area contributed by atoms with E-state index in [-0.39, 0.29) is 21.7 Å². The average Bonchev–Trinajstić information content (AvgIpc) is 3.54. The van der Waals surface area contributed by atoms with E-state index in [4.69, 9.17) is 0 Å². The molecule has 0 bridgehead atoms. The largest absolute Gasteiger partial charge is 0.490 e. The normalized spacial score (nSPS) is 13.3. The Morgan fingerprint density at radius 1 is 0.392 bits per heavy atom.